The van der Waals surface area contributed by atoms with E-state index in [0.29, 0.717) is 19.4 Å². The molecule has 0 aromatic heterocycles. The molecule has 0 bridgehead atoms. The number of nitrogens with zero attached hydrogens (tertiary/aromatic N) is 1. The van der Waals surface area contributed by atoms with Crippen LogP contribution in [0.3, 0.4) is 0 Å². The van der Waals surface area contributed by atoms with E-state index in [0.717, 1.165) is 11.3 Å². The van der Waals surface area contributed by atoms with Gasteiger partial charge in [0.15, 0.2) is 0 Å². The van der Waals surface area contributed by atoms with Crippen molar-refractivity contribution in [1.82, 2.24) is 9.62 Å². The molecule has 2 aromatic rings. The first-order valence-electron chi connectivity index (χ1n) is 9.62. The average molecular weight is 471 g/mol. The summed E-state index contributed by atoms with van der Waals surface area (Å²) in [7, 11) is -2.25. The number of amides is 1. The molecule has 0 saturated carbocycles. The van der Waals surface area contributed by atoms with Crippen LogP contribution in [0.5, 0.6) is 5.75 Å². The SMILES string of the molecule is COc1ccc([C@H](C)NC(=O)[C@@H]2CCCN(S(=O)(=O)c3cc(Cl)ccc3Cl)C2)cc1. The molecule has 6 nitrogen and oxygen atoms in total. The van der Waals surface area contributed by atoms with Gasteiger partial charge in [-0.2, -0.15) is 4.31 Å². The fourth-order valence-electron chi connectivity index (χ4n) is 3.50. The van der Waals surface area contributed by atoms with Gasteiger partial charge in [-0.3, -0.25) is 4.79 Å². The molecule has 1 fully saturated rings. The zero-order valence-electron chi connectivity index (χ0n) is 16.8. The molecule has 1 aliphatic rings. The van der Waals surface area contributed by atoms with Crippen LogP contribution in [-0.4, -0.2) is 38.8 Å². The standard InChI is InChI=1S/C21H24Cl2N2O4S/c1-14(15-5-8-18(29-2)9-6-15)24-21(26)16-4-3-11-25(13-16)30(27,28)20-12-17(22)7-10-19(20)23/h5-10,12,14,16H,3-4,11,13H2,1-2H3,(H,24,26)/t14-,16+/m0/s1. The van der Waals surface area contributed by atoms with Crippen molar-refractivity contribution in [2.75, 3.05) is 20.2 Å². The number of hydrogen-bond acceptors (Lipinski definition) is 4. The van der Waals surface area contributed by atoms with Gasteiger partial charge in [0.2, 0.25) is 15.9 Å². The summed E-state index contributed by atoms with van der Waals surface area (Å²) in [4.78, 5) is 12.8. The summed E-state index contributed by atoms with van der Waals surface area (Å²) < 4.78 is 32.6. The fourth-order valence-corrected chi connectivity index (χ4v) is 5.76. The summed E-state index contributed by atoms with van der Waals surface area (Å²) in [6.45, 7) is 2.33. The van der Waals surface area contributed by atoms with Crippen LogP contribution in [0, 0.1) is 5.92 Å². The van der Waals surface area contributed by atoms with Crippen molar-refractivity contribution < 1.29 is 17.9 Å². The van der Waals surface area contributed by atoms with Crippen molar-refractivity contribution in [2.24, 2.45) is 5.92 Å². The van der Waals surface area contributed by atoms with E-state index in [2.05, 4.69) is 5.32 Å². The second kappa shape index (κ2) is 9.56. The molecular weight excluding hydrogens is 447 g/mol. The molecule has 9 heteroatoms. The molecule has 3 rings (SSSR count). The Kier molecular flexibility index (Phi) is 7.29. The van der Waals surface area contributed by atoms with E-state index in [4.69, 9.17) is 27.9 Å². The molecule has 2 atom stereocenters. The van der Waals surface area contributed by atoms with Gasteiger partial charge < -0.3 is 10.1 Å². The van der Waals surface area contributed by atoms with E-state index in [1.165, 1.54) is 22.5 Å². The summed E-state index contributed by atoms with van der Waals surface area (Å²) in [6, 6.07) is 11.6. The normalized spacial score (nSPS) is 18.6. The molecule has 0 aliphatic carbocycles. The second-order valence-corrected chi connectivity index (χ2v) is 10.0. The Balaban J connectivity index is 1.70. The maximum Gasteiger partial charge on any atom is 0.244 e. The number of hydrogen-bond donors (Lipinski definition) is 1. The van der Waals surface area contributed by atoms with E-state index < -0.39 is 15.9 Å². The van der Waals surface area contributed by atoms with Crippen LogP contribution in [0.15, 0.2) is 47.4 Å². The highest BCUT2D eigenvalue weighted by Gasteiger charge is 2.34. The number of piperidine rings is 1. The molecule has 1 heterocycles. The number of carbonyl (C=O) groups is 1. The monoisotopic (exact) mass is 470 g/mol. The van der Waals surface area contributed by atoms with Gasteiger partial charge in [0.05, 0.1) is 24.1 Å². The highest BCUT2D eigenvalue weighted by molar-refractivity contribution is 7.89. The Morgan fingerprint density at radius 2 is 1.90 bits per heavy atom. The Morgan fingerprint density at radius 1 is 1.20 bits per heavy atom. The number of rotatable bonds is 6. The number of nitrogens with one attached hydrogen (secondary N) is 1. The van der Waals surface area contributed by atoms with Crippen molar-refractivity contribution in [3.8, 4) is 5.75 Å². The van der Waals surface area contributed by atoms with Gasteiger partial charge in [0.1, 0.15) is 10.6 Å². The first-order chi connectivity index (χ1) is 14.2. The molecule has 1 N–H and O–H groups in total. The van der Waals surface area contributed by atoms with Gasteiger partial charge in [-0.1, -0.05) is 35.3 Å². The molecule has 2 aromatic carbocycles. The Bertz CT molecular complexity index is 1010. The highest BCUT2D eigenvalue weighted by Crippen LogP contribution is 2.30. The minimum absolute atomic E-state index is 0.0377. The predicted octanol–water partition coefficient (Wildman–Crippen LogP) is 4.28. The van der Waals surface area contributed by atoms with Crippen LogP contribution in [0.4, 0.5) is 0 Å². The molecule has 1 amide bonds. The number of carbonyl (C=O) groups excluding carboxylic acids is 1. The zero-order valence-corrected chi connectivity index (χ0v) is 19.1. The van der Waals surface area contributed by atoms with E-state index in [1.807, 2.05) is 31.2 Å². The van der Waals surface area contributed by atoms with E-state index >= 15 is 0 Å². The van der Waals surface area contributed by atoms with Crippen molar-refractivity contribution in [1.29, 1.82) is 0 Å². The minimum Gasteiger partial charge on any atom is -0.497 e. The molecule has 162 valence electrons. The highest BCUT2D eigenvalue weighted by atomic mass is 35.5. The number of benzene rings is 2. The summed E-state index contributed by atoms with van der Waals surface area (Å²) in [5.74, 6) is 0.132. The topological polar surface area (TPSA) is 75.7 Å². The lowest BCUT2D eigenvalue weighted by Gasteiger charge is -2.32. The van der Waals surface area contributed by atoms with Crippen molar-refractivity contribution >= 4 is 39.1 Å². The number of halogens is 2. The first-order valence-corrected chi connectivity index (χ1v) is 11.8. The van der Waals surface area contributed by atoms with Crippen LogP contribution in [0.1, 0.15) is 31.4 Å². The third-order valence-electron chi connectivity index (χ3n) is 5.24. The van der Waals surface area contributed by atoms with Crippen molar-refractivity contribution in [2.45, 2.75) is 30.7 Å². The average Bonchev–Trinajstić information content (AvgIpc) is 2.75. The van der Waals surface area contributed by atoms with Gasteiger partial charge >= 0.3 is 0 Å². The molecular formula is C21H24Cl2N2O4S. The Hall–Kier alpha value is -1.80. The van der Waals surface area contributed by atoms with Crippen LogP contribution in [0.2, 0.25) is 10.0 Å². The largest absolute Gasteiger partial charge is 0.497 e. The third-order valence-corrected chi connectivity index (χ3v) is 7.82. The summed E-state index contributed by atoms with van der Waals surface area (Å²) >= 11 is 12.1. The van der Waals surface area contributed by atoms with Crippen LogP contribution >= 0.6 is 23.2 Å². The van der Waals surface area contributed by atoms with Crippen molar-refractivity contribution in [3.05, 3.63) is 58.1 Å². The van der Waals surface area contributed by atoms with E-state index in [9.17, 15) is 13.2 Å². The molecule has 30 heavy (non-hydrogen) atoms. The number of ether oxygens (including phenoxy) is 1. The van der Waals surface area contributed by atoms with Crippen LogP contribution < -0.4 is 10.1 Å². The zero-order chi connectivity index (χ0) is 21.9. The van der Waals surface area contributed by atoms with E-state index in [-0.39, 0.29) is 33.4 Å². The van der Waals surface area contributed by atoms with Crippen molar-refractivity contribution in [3.63, 3.8) is 0 Å². The summed E-state index contributed by atoms with van der Waals surface area (Å²) in [5.41, 5.74) is 0.940. The first kappa shape index (κ1) is 22.9. The van der Waals surface area contributed by atoms with E-state index in [1.54, 1.807) is 7.11 Å². The van der Waals surface area contributed by atoms with Gasteiger partial charge in [-0.05, 0) is 55.7 Å². The maximum absolute atomic E-state index is 13.1. The Labute approximate surface area is 187 Å². The predicted molar refractivity (Wildman–Crippen MR) is 117 cm³/mol. The lowest BCUT2D eigenvalue weighted by atomic mass is 9.98. The fraction of sp³-hybridized carbons (Fsp3) is 0.381. The minimum atomic E-state index is -3.85. The lowest BCUT2D eigenvalue weighted by molar-refractivity contribution is -0.126. The smallest absolute Gasteiger partial charge is 0.244 e. The molecule has 1 saturated heterocycles. The van der Waals surface area contributed by atoms with Crippen LogP contribution in [-0.2, 0) is 14.8 Å². The second-order valence-electron chi connectivity index (χ2n) is 7.28. The van der Waals surface area contributed by atoms with Gasteiger partial charge in [-0.15, -0.1) is 0 Å². The number of methoxy groups -OCH3 is 1. The Morgan fingerprint density at radius 3 is 2.57 bits per heavy atom. The maximum atomic E-state index is 13.1. The lowest BCUT2D eigenvalue weighted by Crippen LogP contribution is -2.45. The van der Waals surface area contributed by atoms with Crippen LogP contribution in [0.25, 0.3) is 0 Å². The van der Waals surface area contributed by atoms with Gasteiger partial charge in [0.25, 0.3) is 0 Å². The van der Waals surface area contributed by atoms with Gasteiger partial charge in [-0.25, -0.2) is 8.42 Å². The summed E-state index contributed by atoms with van der Waals surface area (Å²) in [5, 5.41) is 3.39. The summed E-state index contributed by atoms with van der Waals surface area (Å²) in [6.07, 6.45) is 1.21. The molecule has 0 radical (unpaired) electrons. The molecule has 0 spiro atoms. The third kappa shape index (κ3) is 5.09. The quantitative estimate of drug-likeness (QED) is 0.683. The number of sulfonamides is 1. The molecule has 1 aliphatic heterocycles. The van der Waals surface area contributed by atoms with Gasteiger partial charge in [0, 0.05) is 18.1 Å². The molecule has 0 unspecified atom stereocenters.